The topological polar surface area (TPSA) is 46.6 Å². The molecule has 0 rings (SSSR count). The zero-order chi connectivity index (χ0) is 10.7. The molecule has 0 N–H and O–H groups in total. The molecule has 0 aromatic carbocycles. The number of rotatable bonds is 4. The molecule has 0 heterocycles. The molecule has 0 saturated carbocycles. The molecular weight excluding hydrogens is 190 g/mol. The third kappa shape index (κ3) is 6.01. The maximum Gasteiger partial charge on any atom is 0.215 e. The monoisotopic (exact) mass is 209 g/mol. The minimum atomic E-state index is -3.11. The van der Waals surface area contributed by atoms with Crippen molar-refractivity contribution in [3.8, 4) is 0 Å². The standard InChI is InChI=1S/C8H19NO3S/c1-8(2,3)12-6-7-13(10,11)9(4)5/h6-7H2,1-5H3. The van der Waals surface area contributed by atoms with E-state index in [-0.39, 0.29) is 18.0 Å². The van der Waals surface area contributed by atoms with Gasteiger partial charge in [0.15, 0.2) is 0 Å². The van der Waals surface area contributed by atoms with Crippen molar-refractivity contribution >= 4 is 10.0 Å². The Bertz CT molecular complexity index is 239. The number of hydrogen-bond acceptors (Lipinski definition) is 3. The number of hydrogen-bond donors (Lipinski definition) is 0. The van der Waals surface area contributed by atoms with Crippen molar-refractivity contribution in [2.24, 2.45) is 0 Å². The lowest BCUT2D eigenvalue weighted by molar-refractivity contribution is 0.00621. The first kappa shape index (κ1) is 12.9. The quantitative estimate of drug-likeness (QED) is 0.684. The summed E-state index contributed by atoms with van der Waals surface area (Å²) in [7, 11) is -0.0718. The maximum absolute atomic E-state index is 11.3. The highest BCUT2D eigenvalue weighted by Crippen LogP contribution is 2.06. The number of sulfonamides is 1. The largest absolute Gasteiger partial charge is 0.375 e. The summed E-state index contributed by atoms with van der Waals surface area (Å²) in [6.45, 7) is 5.93. The van der Waals surface area contributed by atoms with Crippen LogP contribution in [0.5, 0.6) is 0 Å². The molecule has 4 nitrogen and oxygen atoms in total. The fourth-order valence-electron chi connectivity index (χ4n) is 0.636. The van der Waals surface area contributed by atoms with E-state index in [4.69, 9.17) is 4.74 Å². The van der Waals surface area contributed by atoms with Gasteiger partial charge in [0.05, 0.1) is 18.0 Å². The summed E-state index contributed by atoms with van der Waals surface area (Å²) in [5, 5.41) is 0. The Balaban J connectivity index is 3.92. The van der Waals surface area contributed by atoms with Gasteiger partial charge in [0.1, 0.15) is 0 Å². The maximum atomic E-state index is 11.3. The fraction of sp³-hybridized carbons (Fsp3) is 1.00. The molecule has 0 fully saturated rings. The Morgan fingerprint density at radius 2 is 1.69 bits per heavy atom. The predicted molar refractivity (Wildman–Crippen MR) is 53.2 cm³/mol. The molecule has 0 aliphatic heterocycles. The van der Waals surface area contributed by atoms with Crippen LogP contribution in [0.25, 0.3) is 0 Å². The van der Waals surface area contributed by atoms with Crippen LogP contribution in [-0.2, 0) is 14.8 Å². The van der Waals surface area contributed by atoms with E-state index in [1.165, 1.54) is 18.4 Å². The second-order valence-corrected chi connectivity index (χ2v) is 6.36. The minimum Gasteiger partial charge on any atom is -0.375 e. The van der Waals surface area contributed by atoms with Crippen LogP contribution >= 0.6 is 0 Å². The Morgan fingerprint density at radius 3 is 2.00 bits per heavy atom. The molecule has 0 radical (unpaired) electrons. The Hall–Kier alpha value is -0.130. The second kappa shape index (κ2) is 4.39. The van der Waals surface area contributed by atoms with Gasteiger partial charge in [-0.2, -0.15) is 0 Å². The van der Waals surface area contributed by atoms with E-state index in [2.05, 4.69) is 0 Å². The molecule has 0 amide bonds. The summed E-state index contributed by atoms with van der Waals surface area (Å²) >= 11 is 0. The highest BCUT2D eigenvalue weighted by Gasteiger charge is 2.16. The zero-order valence-corrected chi connectivity index (χ0v) is 9.81. The lowest BCUT2D eigenvalue weighted by Crippen LogP contribution is -2.30. The molecule has 0 unspecified atom stereocenters. The second-order valence-electron chi connectivity index (χ2n) is 4.06. The van der Waals surface area contributed by atoms with Crippen LogP contribution in [0.3, 0.4) is 0 Å². The van der Waals surface area contributed by atoms with Gasteiger partial charge in [-0.05, 0) is 20.8 Å². The summed E-state index contributed by atoms with van der Waals surface area (Å²) in [5.74, 6) is 0.0390. The van der Waals surface area contributed by atoms with Crippen molar-refractivity contribution in [3.05, 3.63) is 0 Å². The van der Waals surface area contributed by atoms with Crippen LogP contribution in [0.2, 0.25) is 0 Å². The van der Waals surface area contributed by atoms with Gasteiger partial charge in [-0.3, -0.25) is 0 Å². The van der Waals surface area contributed by atoms with Crippen molar-refractivity contribution in [1.82, 2.24) is 4.31 Å². The van der Waals surface area contributed by atoms with E-state index < -0.39 is 10.0 Å². The van der Waals surface area contributed by atoms with Crippen molar-refractivity contribution < 1.29 is 13.2 Å². The van der Waals surface area contributed by atoms with Crippen LogP contribution in [0.1, 0.15) is 20.8 Å². The molecule has 0 saturated heterocycles. The van der Waals surface area contributed by atoms with Crippen LogP contribution in [0.15, 0.2) is 0 Å². The normalized spacial score (nSPS) is 13.7. The van der Waals surface area contributed by atoms with Crippen molar-refractivity contribution in [2.75, 3.05) is 26.5 Å². The van der Waals surface area contributed by atoms with Gasteiger partial charge in [0.2, 0.25) is 10.0 Å². The molecule has 0 aliphatic carbocycles. The van der Waals surface area contributed by atoms with Crippen LogP contribution in [0, 0.1) is 0 Å². The minimum absolute atomic E-state index is 0.0390. The predicted octanol–water partition coefficient (Wildman–Crippen LogP) is 0.693. The average molecular weight is 209 g/mol. The van der Waals surface area contributed by atoms with Gasteiger partial charge in [-0.25, -0.2) is 12.7 Å². The van der Waals surface area contributed by atoms with Gasteiger partial charge >= 0.3 is 0 Å². The van der Waals surface area contributed by atoms with Crippen molar-refractivity contribution in [1.29, 1.82) is 0 Å². The van der Waals surface area contributed by atoms with Crippen LogP contribution < -0.4 is 0 Å². The van der Waals surface area contributed by atoms with E-state index in [1.54, 1.807) is 0 Å². The van der Waals surface area contributed by atoms with Gasteiger partial charge in [-0.15, -0.1) is 0 Å². The number of nitrogens with zero attached hydrogens (tertiary/aromatic N) is 1. The third-order valence-electron chi connectivity index (χ3n) is 1.43. The SMILES string of the molecule is CN(C)S(=O)(=O)CCOC(C)(C)C. The first-order chi connectivity index (χ1) is 5.65. The molecule has 13 heavy (non-hydrogen) atoms. The molecule has 0 aromatic rings. The van der Waals surface area contributed by atoms with E-state index in [1.807, 2.05) is 20.8 Å². The third-order valence-corrected chi connectivity index (χ3v) is 3.23. The molecule has 0 atom stereocenters. The van der Waals surface area contributed by atoms with Gasteiger partial charge in [0, 0.05) is 14.1 Å². The lowest BCUT2D eigenvalue weighted by atomic mass is 10.2. The van der Waals surface area contributed by atoms with Crippen LogP contribution in [-0.4, -0.2) is 44.8 Å². The van der Waals surface area contributed by atoms with Gasteiger partial charge in [0.25, 0.3) is 0 Å². The Kier molecular flexibility index (Phi) is 4.35. The first-order valence-corrected chi connectivity index (χ1v) is 5.80. The van der Waals surface area contributed by atoms with Crippen LogP contribution in [0.4, 0.5) is 0 Å². The summed E-state index contributed by atoms with van der Waals surface area (Å²) in [6, 6.07) is 0. The van der Waals surface area contributed by atoms with E-state index in [0.717, 1.165) is 0 Å². The average Bonchev–Trinajstić information content (AvgIpc) is 1.82. The summed E-state index contributed by atoms with van der Waals surface area (Å²) in [6.07, 6.45) is 0. The summed E-state index contributed by atoms with van der Waals surface area (Å²) in [4.78, 5) is 0. The molecule has 0 bridgehead atoms. The van der Waals surface area contributed by atoms with E-state index >= 15 is 0 Å². The highest BCUT2D eigenvalue weighted by atomic mass is 32.2. The highest BCUT2D eigenvalue weighted by molar-refractivity contribution is 7.89. The van der Waals surface area contributed by atoms with Crippen molar-refractivity contribution in [3.63, 3.8) is 0 Å². The summed E-state index contributed by atoms with van der Waals surface area (Å²) < 4.78 is 29.0. The fourth-order valence-corrected chi connectivity index (χ4v) is 1.29. The summed E-state index contributed by atoms with van der Waals surface area (Å²) in [5.41, 5.74) is -0.276. The molecule has 5 heteroatoms. The van der Waals surface area contributed by atoms with Gasteiger partial charge in [-0.1, -0.05) is 0 Å². The first-order valence-electron chi connectivity index (χ1n) is 4.19. The lowest BCUT2D eigenvalue weighted by Gasteiger charge is -2.20. The Labute approximate surface area is 80.9 Å². The Morgan fingerprint density at radius 1 is 1.23 bits per heavy atom. The van der Waals surface area contributed by atoms with E-state index in [9.17, 15) is 8.42 Å². The number of ether oxygens (including phenoxy) is 1. The zero-order valence-electron chi connectivity index (χ0n) is 8.99. The van der Waals surface area contributed by atoms with Gasteiger partial charge < -0.3 is 4.74 Å². The molecule has 80 valence electrons. The smallest absolute Gasteiger partial charge is 0.215 e. The van der Waals surface area contributed by atoms with E-state index in [0.29, 0.717) is 0 Å². The molecule has 0 aromatic heterocycles. The van der Waals surface area contributed by atoms with Crippen molar-refractivity contribution in [2.45, 2.75) is 26.4 Å². The molecule has 0 spiro atoms. The molecule has 0 aliphatic rings. The molecular formula is C8H19NO3S.